The van der Waals surface area contributed by atoms with Gasteiger partial charge < -0.3 is 40.9 Å². The minimum Gasteiger partial charge on any atom is -0.478 e. The van der Waals surface area contributed by atoms with Crippen LogP contribution in [0.25, 0.3) is 0 Å². The number of hydrogen-bond acceptors (Lipinski definition) is 8. The number of carbonyl (C=O) groups is 8. The third-order valence-corrected chi connectivity index (χ3v) is 11.6. The lowest BCUT2D eigenvalue weighted by Crippen LogP contribution is -2.12. The van der Waals surface area contributed by atoms with Gasteiger partial charge in [0.15, 0.2) is 5.82 Å². The van der Waals surface area contributed by atoms with Gasteiger partial charge in [0.05, 0.1) is 64.6 Å². The summed E-state index contributed by atoms with van der Waals surface area (Å²) in [7, 11) is 0. The number of alkyl halides is 3. The van der Waals surface area contributed by atoms with Crippen LogP contribution in [0.3, 0.4) is 0 Å². The van der Waals surface area contributed by atoms with Crippen molar-refractivity contribution in [3.63, 3.8) is 0 Å². The first-order chi connectivity index (χ1) is 42.1. The predicted octanol–water partition coefficient (Wildman–Crippen LogP) is 17.4. The number of carboxylic acid groups (broad SMARTS) is 8. The highest BCUT2D eigenvalue weighted by Crippen LogP contribution is 2.32. The maximum Gasteiger partial charge on any atom is 0.419 e. The summed E-state index contributed by atoms with van der Waals surface area (Å²) in [5, 5.41) is 67.1. The first-order valence-electron chi connectivity index (χ1n) is 23.3. The lowest BCUT2D eigenvalue weighted by atomic mass is 10.1. The van der Waals surface area contributed by atoms with Gasteiger partial charge in [0, 0.05) is 10.0 Å². The Bertz CT molecular complexity index is 3810. The molecule has 0 radical (unpaired) electrons. The quantitative estimate of drug-likeness (QED) is 0.0656. The van der Waals surface area contributed by atoms with Crippen LogP contribution in [-0.2, 0) is 6.18 Å². The van der Waals surface area contributed by atoms with Gasteiger partial charge >= 0.3 is 53.9 Å². The van der Waals surface area contributed by atoms with E-state index in [1.54, 1.807) is 6.92 Å². The Kier molecular flexibility index (Phi) is 32.7. The van der Waals surface area contributed by atoms with Crippen LogP contribution in [0.15, 0.2) is 146 Å². The molecule has 0 aliphatic carbocycles. The Morgan fingerprint density at radius 3 is 1.19 bits per heavy atom. The fraction of sp³-hybridized carbons (Fsp3) is 0.0345. The summed E-state index contributed by atoms with van der Waals surface area (Å²) in [5.41, 5.74) is -3.85. The molecule has 0 spiro atoms. The molecule has 8 aromatic rings. The average Bonchev–Trinajstić information content (AvgIpc) is 2.60. The van der Waals surface area contributed by atoms with Crippen molar-refractivity contribution in [1.82, 2.24) is 0 Å². The Morgan fingerprint density at radius 2 is 0.769 bits per heavy atom. The van der Waals surface area contributed by atoms with Crippen LogP contribution in [0.4, 0.5) is 48.3 Å². The summed E-state index contributed by atoms with van der Waals surface area (Å²) in [5.74, 6) is -17.4. The smallest absolute Gasteiger partial charge is 0.419 e. The highest BCUT2D eigenvalue weighted by Gasteiger charge is 2.35. The summed E-state index contributed by atoms with van der Waals surface area (Å²) in [6.07, 6.45) is -4.88. The molecular formula is C58H35Cl6F11O16. The molecule has 8 rings (SSSR count). The second-order valence-corrected chi connectivity index (χ2v) is 18.8. The molecule has 8 aromatic carbocycles. The Balaban J connectivity index is 0.000000521. The molecule has 0 aliphatic heterocycles. The molecule has 0 unspecified atom stereocenters. The molecule has 0 saturated heterocycles. The van der Waals surface area contributed by atoms with Crippen LogP contribution in [0.5, 0.6) is 0 Å². The lowest BCUT2D eigenvalue weighted by Gasteiger charge is -2.08. The summed E-state index contributed by atoms with van der Waals surface area (Å²) in [6.45, 7) is 1.71. The molecule has 0 bridgehead atoms. The van der Waals surface area contributed by atoms with E-state index in [0.717, 1.165) is 96.6 Å². The Labute approximate surface area is 533 Å². The molecule has 0 heterocycles. The van der Waals surface area contributed by atoms with E-state index in [2.05, 4.69) is 0 Å². The zero-order valence-corrected chi connectivity index (χ0v) is 49.2. The first kappa shape index (κ1) is 79.5. The van der Waals surface area contributed by atoms with Gasteiger partial charge in [-0.1, -0.05) is 99.4 Å². The van der Waals surface area contributed by atoms with Gasteiger partial charge in [0.25, 0.3) is 0 Å². The highest BCUT2D eigenvalue weighted by molar-refractivity contribution is 6.34. The second-order valence-electron chi connectivity index (χ2n) is 16.3. The number of aromatic carboxylic acids is 8. The summed E-state index contributed by atoms with van der Waals surface area (Å²) >= 11 is 32.3. The molecule has 91 heavy (non-hydrogen) atoms. The van der Waals surface area contributed by atoms with Gasteiger partial charge in [-0.3, -0.25) is 0 Å². The molecule has 16 nitrogen and oxygen atoms in total. The average molecular weight is 1410 g/mol. The molecule has 0 saturated carbocycles. The fourth-order valence-corrected chi connectivity index (χ4v) is 6.88. The van der Waals surface area contributed by atoms with E-state index in [-0.39, 0.29) is 52.4 Å². The van der Waals surface area contributed by atoms with E-state index in [0.29, 0.717) is 6.07 Å². The zero-order valence-electron chi connectivity index (χ0n) is 44.6. The van der Waals surface area contributed by atoms with E-state index in [1.807, 2.05) is 0 Å². The van der Waals surface area contributed by atoms with Gasteiger partial charge in [-0.05, 0) is 128 Å². The van der Waals surface area contributed by atoms with Crippen molar-refractivity contribution in [1.29, 1.82) is 0 Å². The van der Waals surface area contributed by atoms with E-state index in [9.17, 15) is 86.7 Å². The maximum atomic E-state index is 12.9. The number of halogens is 17. The van der Waals surface area contributed by atoms with Gasteiger partial charge in [-0.2, -0.15) is 13.2 Å². The molecule has 33 heteroatoms. The van der Waals surface area contributed by atoms with Crippen molar-refractivity contribution >= 4 is 117 Å². The Morgan fingerprint density at radius 1 is 0.330 bits per heavy atom. The molecule has 0 amide bonds. The predicted molar refractivity (Wildman–Crippen MR) is 307 cm³/mol. The number of rotatable bonds is 8. The number of carboxylic acids is 8. The van der Waals surface area contributed by atoms with Crippen molar-refractivity contribution in [3.05, 3.63) is 278 Å². The molecule has 0 aliphatic rings. The minimum atomic E-state index is -4.88. The fourth-order valence-electron chi connectivity index (χ4n) is 5.71. The van der Waals surface area contributed by atoms with Crippen molar-refractivity contribution in [2.24, 2.45) is 0 Å². The summed E-state index contributed by atoms with van der Waals surface area (Å²) in [6, 6.07) is 26.8. The van der Waals surface area contributed by atoms with Gasteiger partial charge in [0.1, 0.15) is 46.3 Å². The van der Waals surface area contributed by atoms with Crippen LogP contribution in [0.2, 0.25) is 30.1 Å². The van der Waals surface area contributed by atoms with E-state index < -0.39 is 128 Å². The Hall–Kier alpha value is -9.51. The molecule has 0 aromatic heterocycles. The molecular weight excluding hydrogens is 1370 g/mol. The van der Waals surface area contributed by atoms with Gasteiger partial charge in [-0.25, -0.2) is 73.5 Å². The normalized spacial score (nSPS) is 9.91. The van der Waals surface area contributed by atoms with Crippen molar-refractivity contribution < 1.29 is 128 Å². The van der Waals surface area contributed by atoms with Crippen molar-refractivity contribution in [3.8, 4) is 0 Å². The van der Waals surface area contributed by atoms with Gasteiger partial charge in [-0.15, -0.1) is 0 Å². The summed E-state index contributed by atoms with van der Waals surface area (Å²) < 4.78 is 137. The van der Waals surface area contributed by atoms with E-state index in [1.165, 1.54) is 48.5 Å². The van der Waals surface area contributed by atoms with Gasteiger partial charge in [0.2, 0.25) is 0 Å². The first-order valence-corrected chi connectivity index (χ1v) is 25.6. The number of aryl methyl sites for hydroxylation is 1. The standard InChI is InChI=1S/C8H4F4O2.C8H7FO2.6C7H4ClFO2/c9-6-4(7(13)14)2-1-3-5(6)8(10,11)12;1-5-2-3-7(9)6(4-5)8(10)11;8-4-1-2-6(9)5(3-4)7(10)11;8-5-3-4(7(10)11)1-2-6(5)9;8-6-3-4(9)1-2-5(6)7(10)11;8-4-1-2-5(7(10)11)6(9)3-4;8-4-2-1-3-5(9)6(4)7(10)11;8-5-3-1-2-4(6(5)9)7(10)11/h1-3H,(H,13,14);2-4H,1H3,(H,10,11);6*1-3H,(H,10,11). The number of benzene rings is 8. The number of hydrogen-bond donors (Lipinski definition) is 8. The monoisotopic (exact) mass is 1410 g/mol. The third kappa shape index (κ3) is 27.0. The minimum absolute atomic E-state index is 0.0172. The van der Waals surface area contributed by atoms with Crippen molar-refractivity contribution in [2.75, 3.05) is 0 Å². The van der Waals surface area contributed by atoms with Crippen molar-refractivity contribution in [2.45, 2.75) is 13.1 Å². The van der Waals surface area contributed by atoms with Crippen LogP contribution >= 0.6 is 69.6 Å². The highest BCUT2D eigenvalue weighted by atomic mass is 35.5. The van der Waals surface area contributed by atoms with E-state index in [4.69, 9.17) is 110 Å². The third-order valence-electron chi connectivity index (χ3n) is 9.89. The molecule has 0 atom stereocenters. The molecule has 0 fully saturated rings. The summed E-state index contributed by atoms with van der Waals surface area (Å²) in [4.78, 5) is 82.4. The largest absolute Gasteiger partial charge is 0.478 e. The van der Waals surface area contributed by atoms with Crippen LogP contribution in [-0.4, -0.2) is 88.6 Å². The molecule has 482 valence electrons. The second kappa shape index (κ2) is 37.5. The maximum absolute atomic E-state index is 12.9. The SMILES string of the molecule is Cc1ccc(F)c(C(=O)O)c1.O=C(O)c1c(F)cccc1Cl.O=C(O)c1cc(Cl)ccc1F.O=C(O)c1ccc(Cl)cc1F.O=C(O)c1ccc(F)c(Cl)c1.O=C(O)c1ccc(F)cc1Cl.O=C(O)c1cccc(C(F)(F)F)c1F.O=C(O)c1cccc(Cl)c1F. The molecule has 8 N–H and O–H groups in total. The van der Waals surface area contributed by atoms with E-state index >= 15 is 0 Å². The van der Waals surface area contributed by atoms with Crippen LogP contribution < -0.4 is 0 Å². The zero-order chi connectivity index (χ0) is 69.9. The van der Waals surface area contributed by atoms with Crippen LogP contribution in [0, 0.1) is 53.5 Å². The van der Waals surface area contributed by atoms with Crippen LogP contribution in [0.1, 0.15) is 94.0 Å². The topological polar surface area (TPSA) is 298 Å². The lowest BCUT2D eigenvalue weighted by molar-refractivity contribution is -0.140.